The fourth-order valence-electron chi connectivity index (χ4n) is 1.77. The van der Waals surface area contributed by atoms with Gasteiger partial charge in [-0.25, -0.2) is 4.39 Å². The topological polar surface area (TPSA) is 15.6 Å². The van der Waals surface area contributed by atoms with E-state index in [0.717, 1.165) is 18.2 Å². The minimum atomic E-state index is -4.57. The van der Waals surface area contributed by atoms with E-state index in [1.165, 1.54) is 4.90 Å². The molecule has 0 N–H and O–H groups in total. The van der Waals surface area contributed by atoms with Gasteiger partial charge in [-0.15, -0.1) is 0 Å². The number of benzene rings is 1. The van der Waals surface area contributed by atoms with Crippen molar-refractivity contribution in [3.63, 3.8) is 0 Å². The van der Waals surface area contributed by atoms with Gasteiger partial charge < -0.3 is 4.90 Å². The highest BCUT2D eigenvalue weighted by Gasteiger charge is 2.34. The van der Waals surface area contributed by atoms with Gasteiger partial charge in [-0.2, -0.15) is 13.2 Å². The quantitative estimate of drug-likeness (QED) is 0.747. The molecule has 2 nitrogen and oxygen atoms in total. The van der Waals surface area contributed by atoms with Crippen molar-refractivity contribution in [2.75, 3.05) is 6.67 Å². The van der Waals surface area contributed by atoms with E-state index in [-0.39, 0.29) is 18.8 Å². The van der Waals surface area contributed by atoms with Crippen molar-refractivity contribution in [2.45, 2.75) is 12.7 Å². The summed E-state index contributed by atoms with van der Waals surface area (Å²) in [6.45, 7) is 0.00862. The van der Waals surface area contributed by atoms with Crippen LogP contribution in [0.5, 0.6) is 0 Å². The van der Waals surface area contributed by atoms with Gasteiger partial charge in [0, 0.05) is 24.5 Å². The van der Waals surface area contributed by atoms with Crippen LogP contribution in [0.15, 0.2) is 33.9 Å². The van der Waals surface area contributed by atoms with E-state index in [1.54, 1.807) is 12.4 Å². The van der Waals surface area contributed by atoms with Crippen LogP contribution in [-0.2, 0) is 12.7 Å². The van der Waals surface area contributed by atoms with Gasteiger partial charge in [-0.05, 0) is 28.1 Å². The molecule has 19 heavy (non-hydrogen) atoms. The molecular weight excluding hydrogens is 328 g/mol. The van der Waals surface area contributed by atoms with Gasteiger partial charge in [-0.3, -0.25) is 4.99 Å². The van der Waals surface area contributed by atoms with Crippen LogP contribution in [0.4, 0.5) is 17.6 Å². The molecule has 0 bridgehead atoms. The van der Waals surface area contributed by atoms with Gasteiger partial charge in [0.2, 0.25) is 0 Å². The van der Waals surface area contributed by atoms with Crippen molar-refractivity contribution >= 4 is 22.1 Å². The molecule has 0 atom stereocenters. The molecule has 1 aliphatic rings. The number of nitrogens with zero attached hydrogens (tertiary/aromatic N) is 2. The molecule has 0 saturated carbocycles. The molecule has 2 rings (SSSR count). The van der Waals surface area contributed by atoms with Crippen molar-refractivity contribution in [3.05, 3.63) is 45.8 Å². The molecule has 0 radical (unpaired) electrons. The number of aliphatic imine (C=N–C) groups is 1. The van der Waals surface area contributed by atoms with Crippen LogP contribution < -0.4 is 0 Å². The van der Waals surface area contributed by atoms with E-state index in [4.69, 9.17) is 0 Å². The molecule has 1 aromatic carbocycles. The van der Waals surface area contributed by atoms with Gasteiger partial charge in [0.05, 0.1) is 10.0 Å². The first-order valence-corrected chi connectivity index (χ1v) is 6.13. The van der Waals surface area contributed by atoms with Crippen LogP contribution >= 0.6 is 15.9 Å². The van der Waals surface area contributed by atoms with Crippen molar-refractivity contribution in [1.82, 2.24) is 4.90 Å². The number of allylic oxidation sites excluding steroid dienone is 1. The normalized spacial score (nSPS) is 15.6. The molecule has 0 amide bonds. The minimum absolute atomic E-state index is 0.187. The molecule has 1 aromatic rings. The summed E-state index contributed by atoms with van der Waals surface area (Å²) in [5, 5.41) is 0. The summed E-state index contributed by atoms with van der Waals surface area (Å²) >= 11 is 3.17. The third kappa shape index (κ3) is 3.34. The lowest BCUT2D eigenvalue weighted by Gasteiger charge is -2.23. The summed E-state index contributed by atoms with van der Waals surface area (Å²) in [7, 11) is 0. The summed E-state index contributed by atoms with van der Waals surface area (Å²) in [5.74, 6) is -0.867. The smallest absolute Gasteiger partial charge is 0.353 e. The number of hydrogen-bond acceptors (Lipinski definition) is 2. The molecular formula is C12H9BrF4N2. The molecule has 0 fully saturated rings. The first-order valence-electron chi connectivity index (χ1n) is 5.33. The monoisotopic (exact) mass is 336 g/mol. The lowest BCUT2D eigenvalue weighted by molar-refractivity contribution is -0.138. The van der Waals surface area contributed by atoms with E-state index in [0.29, 0.717) is 4.48 Å². The van der Waals surface area contributed by atoms with E-state index in [9.17, 15) is 17.6 Å². The number of halogens is 5. The lowest BCUT2D eigenvalue weighted by atomic mass is 10.1. The molecule has 0 aliphatic carbocycles. The highest BCUT2D eigenvalue weighted by Crippen LogP contribution is 2.33. The Morgan fingerprint density at radius 2 is 2.05 bits per heavy atom. The first-order chi connectivity index (χ1) is 8.88. The van der Waals surface area contributed by atoms with E-state index < -0.39 is 17.6 Å². The van der Waals surface area contributed by atoms with Crippen molar-refractivity contribution < 1.29 is 17.6 Å². The Morgan fingerprint density at radius 1 is 1.32 bits per heavy atom. The standard InChI is InChI=1S/C12H9BrF4N2/c13-8-4-18-7-19(5-8)6-9-10(12(15,16)17)2-1-3-11(9)14/h1-5H,6-7H2. The highest BCUT2D eigenvalue weighted by atomic mass is 79.9. The summed E-state index contributed by atoms with van der Waals surface area (Å²) in [6.07, 6.45) is -1.44. The van der Waals surface area contributed by atoms with Crippen LogP contribution in [0, 0.1) is 5.82 Å². The summed E-state index contributed by atoms with van der Waals surface area (Å²) < 4.78 is 52.7. The summed E-state index contributed by atoms with van der Waals surface area (Å²) in [4.78, 5) is 5.44. The second-order valence-electron chi connectivity index (χ2n) is 3.98. The van der Waals surface area contributed by atoms with Gasteiger partial charge in [0.25, 0.3) is 0 Å². The molecule has 1 heterocycles. The van der Waals surface area contributed by atoms with Crippen LogP contribution in [0.3, 0.4) is 0 Å². The molecule has 7 heteroatoms. The molecule has 0 spiro atoms. The Morgan fingerprint density at radius 3 is 2.68 bits per heavy atom. The Balaban J connectivity index is 2.32. The molecule has 0 saturated heterocycles. The van der Waals surface area contributed by atoms with Crippen molar-refractivity contribution in [2.24, 2.45) is 4.99 Å². The Hall–Kier alpha value is -1.37. The predicted octanol–water partition coefficient (Wildman–Crippen LogP) is 3.92. The zero-order chi connectivity index (χ0) is 14.0. The molecule has 1 aliphatic heterocycles. The van der Waals surface area contributed by atoms with Crippen molar-refractivity contribution in [3.8, 4) is 0 Å². The van der Waals surface area contributed by atoms with Crippen LogP contribution in [-0.4, -0.2) is 17.8 Å². The van der Waals surface area contributed by atoms with Gasteiger partial charge in [0.1, 0.15) is 12.5 Å². The maximum Gasteiger partial charge on any atom is 0.416 e. The Kier molecular flexibility index (Phi) is 3.93. The minimum Gasteiger partial charge on any atom is -0.353 e. The van der Waals surface area contributed by atoms with Crippen LogP contribution in [0.25, 0.3) is 0 Å². The van der Waals surface area contributed by atoms with E-state index in [2.05, 4.69) is 20.9 Å². The van der Waals surface area contributed by atoms with Crippen LogP contribution in [0.1, 0.15) is 11.1 Å². The van der Waals surface area contributed by atoms with Gasteiger partial charge in [0.15, 0.2) is 0 Å². The number of hydrogen-bond donors (Lipinski definition) is 0. The second-order valence-corrected chi connectivity index (χ2v) is 4.89. The fourth-order valence-corrected chi connectivity index (χ4v) is 2.20. The number of rotatable bonds is 2. The van der Waals surface area contributed by atoms with E-state index >= 15 is 0 Å². The second kappa shape index (κ2) is 5.32. The van der Waals surface area contributed by atoms with Crippen LogP contribution in [0.2, 0.25) is 0 Å². The Labute approximate surface area is 115 Å². The fraction of sp³-hybridized carbons (Fsp3) is 0.250. The molecule has 0 unspecified atom stereocenters. The highest BCUT2D eigenvalue weighted by molar-refractivity contribution is 9.12. The van der Waals surface area contributed by atoms with E-state index in [1.807, 2.05) is 0 Å². The Bertz CT molecular complexity index is 537. The van der Waals surface area contributed by atoms with Crippen molar-refractivity contribution in [1.29, 1.82) is 0 Å². The predicted molar refractivity (Wildman–Crippen MR) is 67.3 cm³/mol. The zero-order valence-corrected chi connectivity index (χ0v) is 11.2. The third-order valence-corrected chi connectivity index (χ3v) is 2.98. The summed E-state index contributed by atoms with van der Waals surface area (Å²) in [5.41, 5.74) is -1.32. The largest absolute Gasteiger partial charge is 0.416 e. The lowest BCUT2D eigenvalue weighted by Crippen LogP contribution is -2.23. The zero-order valence-electron chi connectivity index (χ0n) is 9.59. The average molecular weight is 337 g/mol. The average Bonchev–Trinajstić information content (AvgIpc) is 2.30. The summed E-state index contributed by atoms with van der Waals surface area (Å²) in [6, 6.07) is 2.96. The number of alkyl halides is 3. The maximum absolute atomic E-state index is 13.6. The maximum atomic E-state index is 13.6. The SMILES string of the molecule is Fc1cccc(C(F)(F)F)c1CN1C=C(Br)C=NC1. The first kappa shape index (κ1) is 14.0. The molecule has 0 aromatic heterocycles. The van der Waals surface area contributed by atoms with Gasteiger partial charge >= 0.3 is 6.18 Å². The molecule has 102 valence electrons. The van der Waals surface area contributed by atoms with Gasteiger partial charge in [-0.1, -0.05) is 6.07 Å². The third-order valence-electron chi connectivity index (χ3n) is 2.57.